The Morgan fingerprint density at radius 3 is 2.69 bits per heavy atom. The molecular weight excluding hydrogens is 211 g/mol. The minimum absolute atomic E-state index is 0.130. The summed E-state index contributed by atoms with van der Waals surface area (Å²) in [7, 11) is 0. The second kappa shape index (κ2) is 6.23. The molecule has 0 aliphatic heterocycles. The normalized spacial score (nSPS) is 10.5. The van der Waals surface area contributed by atoms with Gasteiger partial charge in [0.05, 0.1) is 12.7 Å². The van der Waals surface area contributed by atoms with Crippen molar-refractivity contribution in [1.82, 2.24) is 0 Å². The molecule has 0 aromatic heterocycles. The fourth-order valence-electron chi connectivity index (χ4n) is 1.14. The SMILES string of the molecule is CC(C)OCCOc1ccc(C=O)cc1F. The molecule has 0 heterocycles. The first kappa shape index (κ1) is 12.6. The summed E-state index contributed by atoms with van der Waals surface area (Å²) < 4.78 is 23.7. The van der Waals surface area contributed by atoms with Crippen molar-refractivity contribution in [3.63, 3.8) is 0 Å². The summed E-state index contributed by atoms with van der Waals surface area (Å²) in [5.41, 5.74) is 0.295. The lowest BCUT2D eigenvalue weighted by molar-refractivity contribution is 0.0544. The largest absolute Gasteiger partial charge is 0.488 e. The van der Waals surface area contributed by atoms with E-state index in [9.17, 15) is 9.18 Å². The molecule has 0 fully saturated rings. The van der Waals surface area contributed by atoms with E-state index in [4.69, 9.17) is 9.47 Å². The van der Waals surface area contributed by atoms with Crippen LogP contribution in [0.4, 0.5) is 4.39 Å². The predicted molar refractivity (Wildman–Crippen MR) is 58.4 cm³/mol. The first-order valence-corrected chi connectivity index (χ1v) is 5.12. The molecule has 0 N–H and O–H groups in total. The van der Waals surface area contributed by atoms with E-state index in [-0.39, 0.29) is 18.5 Å². The average molecular weight is 226 g/mol. The first-order chi connectivity index (χ1) is 7.63. The van der Waals surface area contributed by atoms with Crippen LogP contribution in [0.25, 0.3) is 0 Å². The summed E-state index contributed by atoms with van der Waals surface area (Å²) in [6, 6.07) is 4.09. The third-order valence-corrected chi connectivity index (χ3v) is 1.88. The number of hydrogen-bond donors (Lipinski definition) is 0. The Bertz CT molecular complexity index is 350. The third-order valence-electron chi connectivity index (χ3n) is 1.88. The van der Waals surface area contributed by atoms with Gasteiger partial charge in [0.1, 0.15) is 12.9 Å². The maximum absolute atomic E-state index is 13.3. The van der Waals surface area contributed by atoms with Crippen LogP contribution >= 0.6 is 0 Å². The highest BCUT2D eigenvalue weighted by Gasteiger charge is 2.04. The second-order valence-corrected chi connectivity index (χ2v) is 3.58. The van der Waals surface area contributed by atoms with Crippen molar-refractivity contribution in [1.29, 1.82) is 0 Å². The zero-order valence-corrected chi connectivity index (χ0v) is 9.40. The van der Waals surface area contributed by atoms with Crippen molar-refractivity contribution >= 4 is 6.29 Å². The molecule has 4 heteroatoms. The number of halogens is 1. The summed E-state index contributed by atoms with van der Waals surface area (Å²) in [6.45, 7) is 4.53. The van der Waals surface area contributed by atoms with Crippen LogP contribution in [-0.4, -0.2) is 25.6 Å². The lowest BCUT2D eigenvalue weighted by Gasteiger charge is -2.09. The molecule has 0 radical (unpaired) electrons. The Balaban J connectivity index is 2.45. The van der Waals surface area contributed by atoms with Gasteiger partial charge in [0.15, 0.2) is 11.6 Å². The molecule has 0 aliphatic carbocycles. The van der Waals surface area contributed by atoms with Gasteiger partial charge in [0.2, 0.25) is 0 Å². The van der Waals surface area contributed by atoms with Crippen molar-refractivity contribution < 1.29 is 18.7 Å². The highest BCUT2D eigenvalue weighted by Crippen LogP contribution is 2.17. The fraction of sp³-hybridized carbons (Fsp3) is 0.417. The van der Waals surface area contributed by atoms with Crippen LogP contribution in [0, 0.1) is 5.82 Å². The summed E-state index contributed by atoms with van der Waals surface area (Å²) >= 11 is 0. The van der Waals surface area contributed by atoms with Gasteiger partial charge in [0, 0.05) is 5.56 Å². The average Bonchev–Trinajstić information content (AvgIpc) is 2.25. The van der Waals surface area contributed by atoms with Crippen LogP contribution in [0.5, 0.6) is 5.75 Å². The summed E-state index contributed by atoms with van der Waals surface area (Å²) in [5.74, 6) is -0.396. The Morgan fingerprint density at radius 1 is 1.38 bits per heavy atom. The van der Waals surface area contributed by atoms with Crippen LogP contribution < -0.4 is 4.74 Å². The number of ether oxygens (including phenoxy) is 2. The van der Waals surface area contributed by atoms with E-state index >= 15 is 0 Å². The van der Waals surface area contributed by atoms with E-state index in [0.29, 0.717) is 18.5 Å². The quantitative estimate of drug-likeness (QED) is 0.552. The Kier molecular flexibility index (Phi) is 4.92. The van der Waals surface area contributed by atoms with E-state index in [0.717, 1.165) is 6.07 Å². The molecule has 0 saturated heterocycles. The minimum Gasteiger partial charge on any atom is -0.488 e. The molecule has 88 valence electrons. The molecule has 0 unspecified atom stereocenters. The van der Waals surface area contributed by atoms with Crippen LogP contribution in [0.3, 0.4) is 0 Å². The van der Waals surface area contributed by atoms with Crippen molar-refractivity contribution in [3.8, 4) is 5.75 Å². The Hall–Kier alpha value is -1.42. The lowest BCUT2D eigenvalue weighted by atomic mass is 10.2. The van der Waals surface area contributed by atoms with Gasteiger partial charge < -0.3 is 9.47 Å². The maximum Gasteiger partial charge on any atom is 0.165 e. The number of aldehydes is 1. The molecule has 0 bridgehead atoms. The van der Waals surface area contributed by atoms with Gasteiger partial charge in [0.25, 0.3) is 0 Å². The van der Waals surface area contributed by atoms with Crippen LogP contribution in [0.1, 0.15) is 24.2 Å². The van der Waals surface area contributed by atoms with E-state index in [2.05, 4.69) is 0 Å². The van der Waals surface area contributed by atoms with Gasteiger partial charge >= 0.3 is 0 Å². The lowest BCUT2D eigenvalue weighted by Crippen LogP contribution is -2.11. The van der Waals surface area contributed by atoms with E-state index in [1.165, 1.54) is 12.1 Å². The Labute approximate surface area is 94.2 Å². The number of hydrogen-bond acceptors (Lipinski definition) is 3. The topological polar surface area (TPSA) is 35.5 Å². The molecule has 0 aliphatic rings. The molecular formula is C12H15FO3. The van der Waals surface area contributed by atoms with E-state index in [1.807, 2.05) is 13.8 Å². The van der Waals surface area contributed by atoms with Crippen molar-refractivity contribution in [2.24, 2.45) is 0 Å². The van der Waals surface area contributed by atoms with Gasteiger partial charge in [-0.1, -0.05) is 0 Å². The minimum atomic E-state index is -0.533. The van der Waals surface area contributed by atoms with E-state index < -0.39 is 5.82 Å². The number of rotatable bonds is 6. The molecule has 0 amide bonds. The van der Waals surface area contributed by atoms with Gasteiger partial charge in [-0.3, -0.25) is 4.79 Å². The van der Waals surface area contributed by atoms with Crippen molar-refractivity contribution in [2.45, 2.75) is 20.0 Å². The number of carbonyl (C=O) groups is 1. The molecule has 0 saturated carbocycles. The second-order valence-electron chi connectivity index (χ2n) is 3.58. The third kappa shape index (κ3) is 3.98. The monoisotopic (exact) mass is 226 g/mol. The summed E-state index contributed by atoms with van der Waals surface area (Å²) in [6.07, 6.45) is 0.722. The summed E-state index contributed by atoms with van der Waals surface area (Å²) in [5, 5.41) is 0. The predicted octanol–water partition coefficient (Wildman–Crippen LogP) is 2.44. The number of carbonyl (C=O) groups excluding carboxylic acids is 1. The van der Waals surface area contributed by atoms with Crippen molar-refractivity contribution in [2.75, 3.05) is 13.2 Å². The molecule has 1 aromatic rings. The standard InChI is InChI=1S/C12H15FO3/c1-9(2)15-5-6-16-12-4-3-10(8-14)7-11(12)13/h3-4,7-9H,5-6H2,1-2H3. The summed E-state index contributed by atoms with van der Waals surface area (Å²) in [4.78, 5) is 10.4. The molecule has 0 spiro atoms. The highest BCUT2D eigenvalue weighted by atomic mass is 19.1. The molecule has 16 heavy (non-hydrogen) atoms. The van der Waals surface area contributed by atoms with Gasteiger partial charge in [-0.2, -0.15) is 0 Å². The zero-order chi connectivity index (χ0) is 12.0. The van der Waals surface area contributed by atoms with Crippen molar-refractivity contribution in [3.05, 3.63) is 29.6 Å². The van der Waals surface area contributed by atoms with Gasteiger partial charge in [-0.05, 0) is 32.0 Å². The highest BCUT2D eigenvalue weighted by molar-refractivity contribution is 5.74. The molecule has 3 nitrogen and oxygen atoms in total. The maximum atomic E-state index is 13.3. The first-order valence-electron chi connectivity index (χ1n) is 5.12. The molecule has 1 rings (SSSR count). The molecule has 1 aromatic carbocycles. The molecule has 0 atom stereocenters. The van der Waals surface area contributed by atoms with Gasteiger partial charge in [-0.25, -0.2) is 4.39 Å². The fourth-order valence-corrected chi connectivity index (χ4v) is 1.14. The Morgan fingerprint density at radius 2 is 2.12 bits per heavy atom. The smallest absolute Gasteiger partial charge is 0.165 e. The van der Waals surface area contributed by atoms with Gasteiger partial charge in [-0.15, -0.1) is 0 Å². The van der Waals surface area contributed by atoms with E-state index in [1.54, 1.807) is 0 Å². The number of benzene rings is 1. The van der Waals surface area contributed by atoms with Crippen LogP contribution in [0.2, 0.25) is 0 Å². The van der Waals surface area contributed by atoms with Crippen LogP contribution in [-0.2, 0) is 4.74 Å². The van der Waals surface area contributed by atoms with Crippen LogP contribution in [0.15, 0.2) is 18.2 Å². The zero-order valence-electron chi connectivity index (χ0n) is 9.40.